The average molecular weight is 421 g/mol. The summed E-state index contributed by atoms with van der Waals surface area (Å²) in [7, 11) is 0. The molecule has 0 spiro atoms. The zero-order valence-corrected chi connectivity index (χ0v) is 15.9. The van der Waals surface area contributed by atoms with Crippen molar-refractivity contribution in [1.29, 1.82) is 0 Å². The molecule has 0 aromatic heterocycles. The van der Waals surface area contributed by atoms with Crippen LogP contribution in [0.2, 0.25) is 0 Å². The first kappa shape index (κ1) is 26.2. The second kappa shape index (κ2) is 11.9. The number of hydrogen-bond acceptors (Lipinski definition) is 9. The number of amides is 4. The molecule has 4 amide bonds. The monoisotopic (exact) mass is 421 g/mol. The van der Waals surface area contributed by atoms with E-state index >= 15 is 0 Å². The van der Waals surface area contributed by atoms with Gasteiger partial charge in [-0.2, -0.15) is 0 Å². The van der Waals surface area contributed by atoms with Crippen LogP contribution < -0.4 is 27.4 Å². The predicted octanol–water partition coefficient (Wildman–Crippen LogP) is -5.52. The zero-order chi connectivity index (χ0) is 22.9. The maximum absolute atomic E-state index is 12.4. The third-order valence-electron chi connectivity index (χ3n) is 3.72. The van der Waals surface area contributed by atoms with Gasteiger partial charge in [-0.05, 0) is 13.8 Å². The van der Waals surface area contributed by atoms with Crippen LogP contribution in [-0.4, -0.2) is 93.0 Å². The molecule has 29 heavy (non-hydrogen) atoms. The smallest absolute Gasteiger partial charge is 0.328 e. The van der Waals surface area contributed by atoms with Crippen LogP contribution in [0.1, 0.15) is 20.3 Å². The molecule has 0 fully saturated rings. The van der Waals surface area contributed by atoms with E-state index in [1.807, 2.05) is 5.32 Å². The zero-order valence-electron chi connectivity index (χ0n) is 15.9. The van der Waals surface area contributed by atoms with Crippen LogP contribution >= 0.6 is 0 Å². The van der Waals surface area contributed by atoms with Crippen molar-refractivity contribution in [2.75, 3.05) is 6.61 Å². The number of nitrogens with one attached hydrogen (secondary N) is 3. The molecule has 14 nitrogen and oxygen atoms in total. The molecule has 166 valence electrons. The van der Waals surface area contributed by atoms with Crippen molar-refractivity contribution < 1.29 is 44.4 Å². The second-order valence-electron chi connectivity index (χ2n) is 6.31. The van der Waals surface area contributed by atoms with Crippen molar-refractivity contribution in [1.82, 2.24) is 16.0 Å². The van der Waals surface area contributed by atoms with E-state index in [-0.39, 0.29) is 0 Å². The third-order valence-corrected chi connectivity index (χ3v) is 3.72. The molecule has 14 heteroatoms. The van der Waals surface area contributed by atoms with E-state index < -0.39 is 79.0 Å². The Morgan fingerprint density at radius 3 is 1.76 bits per heavy atom. The Balaban J connectivity index is 5.38. The first-order valence-corrected chi connectivity index (χ1v) is 8.46. The van der Waals surface area contributed by atoms with E-state index in [0.717, 1.165) is 6.92 Å². The highest BCUT2D eigenvalue weighted by molar-refractivity contribution is 5.96. The number of aliphatic carboxylic acids is 1. The molecule has 6 atom stereocenters. The van der Waals surface area contributed by atoms with Gasteiger partial charge in [0.25, 0.3) is 0 Å². The van der Waals surface area contributed by atoms with Gasteiger partial charge in [0, 0.05) is 0 Å². The lowest BCUT2D eigenvalue weighted by molar-refractivity contribution is -0.143. The Kier molecular flexibility index (Phi) is 10.7. The Labute approximate surface area is 165 Å². The average Bonchev–Trinajstić information content (AvgIpc) is 2.61. The third kappa shape index (κ3) is 8.82. The lowest BCUT2D eigenvalue weighted by atomic mass is 10.1. The Hall–Kier alpha value is -2.81. The first-order chi connectivity index (χ1) is 13.3. The van der Waals surface area contributed by atoms with Gasteiger partial charge >= 0.3 is 5.97 Å². The molecule has 0 aromatic carbocycles. The van der Waals surface area contributed by atoms with E-state index in [4.69, 9.17) is 21.7 Å². The highest BCUT2D eigenvalue weighted by Crippen LogP contribution is 2.01. The molecule has 0 bridgehead atoms. The minimum absolute atomic E-state index is 0.733. The largest absolute Gasteiger partial charge is 0.480 e. The Bertz CT molecular complexity index is 625. The first-order valence-electron chi connectivity index (χ1n) is 8.46. The highest BCUT2D eigenvalue weighted by atomic mass is 16.4. The fraction of sp³-hybridized carbons (Fsp3) is 0.667. The summed E-state index contributed by atoms with van der Waals surface area (Å²) in [5.74, 6) is -5.80. The predicted molar refractivity (Wildman–Crippen MR) is 95.7 cm³/mol. The SMILES string of the molecule is CC(O)C(N)C(=O)NC(C(=O)NC(CC(N)=O)C(=O)NC(CO)C(=O)O)C(C)O. The van der Waals surface area contributed by atoms with Crippen LogP contribution in [0.5, 0.6) is 0 Å². The summed E-state index contributed by atoms with van der Waals surface area (Å²) >= 11 is 0. The summed E-state index contributed by atoms with van der Waals surface area (Å²) in [5.41, 5.74) is 10.5. The molecule has 0 aromatic rings. The van der Waals surface area contributed by atoms with Crippen molar-refractivity contribution in [2.24, 2.45) is 11.5 Å². The number of rotatable bonds is 12. The summed E-state index contributed by atoms with van der Waals surface area (Å²) in [5, 5.41) is 43.0. The maximum atomic E-state index is 12.4. The summed E-state index contributed by atoms with van der Waals surface area (Å²) < 4.78 is 0. The molecule has 11 N–H and O–H groups in total. The number of nitrogens with two attached hydrogens (primary N) is 2. The summed E-state index contributed by atoms with van der Waals surface area (Å²) in [6.07, 6.45) is -3.46. The van der Waals surface area contributed by atoms with Crippen molar-refractivity contribution in [2.45, 2.75) is 56.6 Å². The quantitative estimate of drug-likeness (QED) is 0.144. The van der Waals surface area contributed by atoms with Crippen LogP contribution in [0.4, 0.5) is 0 Å². The lowest BCUT2D eigenvalue weighted by Crippen LogP contribution is -2.61. The van der Waals surface area contributed by atoms with Crippen molar-refractivity contribution >= 4 is 29.6 Å². The molecule has 0 saturated carbocycles. The van der Waals surface area contributed by atoms with Gasteiger partial charge in [-0.3, -0.25) is 19.2 Å². The van der Waals surface area contributed by atoms with Crippen molar-refractivity contribution in [3.05, 3.63) is 0 Å². The molecule has 0 rings (SSSR count). The number of hydrogen-bond donors (Lipinski definition) is 9. The fourth-order valence-electron chi connectivity index (χ4n) is 2.00. The minimum atomic E-state index is -1.70. The number of carboxylic acids is 1. The van der Waals surface area contributed by atoms with Crippen LogP contribution in [0.15, 0.2) is 0 Å². The van der Waals surface area contributed by atoms with Gasteiger partial charge in [-0.1, -0.05) is 0 Å². The van der Waals surface area contributed by atoms with Gasteiger partial charge in [0.15, 0.2) is 0 Å². The molecule has 0 aliphatic rings. The van der Waals surface area contributed by atoms with Gasteiger partial charge in [-0.25, -0.2) is 4.79 Å². The maximum Gasteiger partial charge on any atom is 0.328 e. The van der Waals surface area contributed by atoms with Crippen LogP contribution in [-0.2, 0) is 24.0 Å². The number of carbonyl (C=O) groups excluding carboxylic acids is 4. The van der Waals surface area contributed by atoms with Crippen LogP contribution in [0.3, 0.4) is 0 Å². The van der Waals surface area contributed by atoms with E-state index in [0.29, 0.717) is 0 Å². The van der Waals surface area contributed by atoms with E-state index in [9.17, 15) is 34.2 Å². The van der Waals surface area contributed by atoms with Crippen LogP contribution in [0.25, 0.3) is 0 Å². The fourth-order valence-corrected chi connectivity index (χ4v) is 2.00. The van der Waals surface area contributed by atoms with E-state index in [2.05, 4.69) is 10.6 Å². The van der Waals surface area contributed by atoms with Gasteiger partial charge in [-0.15, -0.1) is 0 Å². The van der Waals surface area contributed by atoms with Gasteiger partial charge < -0.3 is 47.8 Å². The van der Waals surface area contributed by atoms with Crippen molar-refractivity contribution in [3.8, 4) is 0 Å². The summed E-state index contributed by atoms with van der Waals surface area (Å²) in [4.78, 5) is 58.6. The highest BCUT2D eigenvalue weighted by Gasteiger charge is 2.33. The summed E-state index contributed by atoms with van der Waals surface area (Å²) in [6.45, 7) is 1.42. The molecular weight excluding hydrogens is 394 g/mol. The molecule has 0 aliphatic heterocycles. The molecule has 0 heterocycles. The molecular formula is C15H27N5O9. The van der Waals surface area contributed by atoms with Crippen LogP contribution in [0, 0.1) is 0 Å². The molecule has 0 radical (unpaired) electrons. The number of aliphatic hydroxyl groups excluding tert-OH is 3. The van der Waals surface area contributed by atoms with Gasteiger partial charge in [0.05, 0.1) is 25.2 Å². The lowest BCUT2D eigenvalue weighted by Gasteiger charge is -2.26. The standard InChI is InChI=1S/C15H27N5O9/c1-5(22)10(17)13(26)20-11(6(2)23)14(27)18-7(3-9(16)24)12(25)19-8(4-21)15(28)29/h5-8,10-11,21-23H,3-4,17H2,1-2H3,(H2,16,24)(H,18,27)(H,19,25)(H,20,26)(H,28,29). The van der Waals surface area contributed by atoms with Crippen molar-refractivity contribution in [3.63, 3.8) is 0 Å². The summed E-state index contributed by atoms with van der Waals surface area (Å²) in [6, 6.07) is -6.39. The van der Waals surface area contributed by atoms with E-state index in [1.165, 1.54) is 6.92 Å². The number of carbonyl (C=O) groups is 5. The number of carboxylic acid groups (broad SMARTS) is 1. The molecule has 0 saturated heterocycles. The molecule has 0 aliphatic carbocycles. The van der Waals surface area contributed by atoms with Gasteiger partial charge in [0.1, 0.15) is 24.2 Å². The topological polar surface area (TPSA) is 254 Å². The number of primary amides is 1. The Morgan fingerprint density at radius 2 is 1.38 bits per heavy atom. The molecule has 6 unspecified atom stereocenters. The van der Waals surface area contributed by atoms with Gasteiger partial charge in [0.2, 0.25) is 23.6 Å². The minimum Gasteiger partial charge on any atom is -0.480 e. The van der Waals surface area contributed by atoms with E-state index in [1.54, 1.807) is 0 Å². The normalized spacial score (nSPS) is 17.0. The Morgan fingerprint density at radius 1 is 0.862 bits per heavy atom. The second-order valence-corrected chi connectivity index (χ2v) is 6.31. The number of aliphatic hydroxyl groups is 3.